The molecule has 194 valence electrons. The quantitative estimate of drug-likeness (QED) is 0.313. The molecule has 2 atom stereocenters. The van der Waals surface area contributed by atoms with Crippen molar-refractivity contribution in [1.29, 1.82) is 0 Å². The number of allylic oxidation sites excluding steroid dienone is 2. The van der Waals surface area contributed by atoms with Crippen molar-refractivity contribution in [3.05, 3.63) is 127 Å². The van der Waals surface area contributed by atoms with E-state index < -0.39 is 0 Å². The zero-order valence-electron chi connectivity index (χ0n) is 22.0. The van der Waals surface area contributed by atoms with Gasteiger partial charge in [-0.1, -0.05) is 114 Å². The third-order valence-corrected chi connectivity index (χ3v) is 9.63. The van der Waals surface area contributed by atoms with Crippen molar-refractivity contribution in [2.45, 2.75) is 11.3 Å². The molecule has 0 radical (unpaired) electrons. The smallest absolute Gasteiger partial charge is 0.871 e. The van der Waals surface area contributed by atoms with E-state index in [1.165, 1.54) is 0 Å². The Morgan fingerprint density at radius 2 is 1.24 bits per heavy atom. The SMILES string of the molecule is [Be+2].[O-]c1c(-c2[nH+]c3ccccc3s2)ccc2ccccc12.[O-]c1c(C2=[NH+]C3C=CC=CC3S2)ccc2ccccc12. The van der Waals surface area contributed by atoms with Gasteiger partial charge in [0.2, 0.25) is 10.6 Å². The van der Waals surface area contributed by atoms with Crippen LogP contribution in [0.5, 0.6) is 11.5 Å². The van der Waals surface area contributed by atoms with Gasteiger partial charge in [0.15, 0.2) is 6.04 Å². The molecule has 2 heterocycles. The van der Waals surface area contributed by atoms with Gasteiger partial charge in [-0.05, 0) is 57.6 Å². The molecule has 41 heavy (non-hydrogen) atoms. The number of para-hydroxylation sites is 1. The molecular formula is C34H24BeN2O2S2+2. The zero-order valence-corrected chi connectivity index (χ0v) is 23.7. The van der Waals surface area contributed by atoms with Crippen LogP contribution in [0.2, 0.25) is 0 Å². The summed E-state index contributed by atoms with van der Waals surface area (Å²) in [5.41, 5.74) is 2.59. The Kier molecular flexibility index (Phi) is 7.46. The molecule has 0 amide bonds. The molecule has 5 aromatic carbocycles. The van der Waals surface area contributed by atoms with Crippen LogP contribution in [0.25, 0.3) is 42.3 Å². The largest absolute Gasteiger partial charge is 2.00 e. The summed E-state index contributed by atoms with van der Waals surface area (Å²) in [7, 11) is 0. The fraction of sp³-hybridized carbons (Fsp3) is 0.0588. The van der Waals surface area contributed by atoms with Crippen molar-refractivity contribution in [2.75, 3.05) is 0 Å². The molecule has 0 saturated heterocycles. The minimum atomic E-state index is 0. The van der Waals surface area contributed by atoms with Crippen LogP contribution in [0.15, 0.2) is 121 Å². The minimum Gasteiger partial charge on any atom is -0.871 e. The average Bonchev–Trinajstić information content (AvgIpc) is 3.63. The van der Waals surface area contributed by atoms with E-state index in [0.29, 0.717) is 11.3 Å². The van der Waals surface area contributed by atoms with Crippen LogP contribution in [0.4, 0.5) is 0 Å². The van der Waals surface area contributed by atoms with Crippen molar-refractivity contribution in [2.24, 2.45) is 0 Å². The first-order valence-corrected chi connectivity index (χ1v) is 14.8. The number of rotatable bonds is 2. The topological polar surface area (TPSA) is 74.2 Å². The van der Waals surface area contributed by atoms with Gasteiger partial charge in [0.1, 0.15) is 4.70 Å². The summed E-state index contributed by atoms with van der Waals surface area (Å²) >= 11 is 3.36. The summed E-state index contributed by atoms with van der Waals surface area (Å²) in [5.74, 6) is 0.204. The number of thiazole rings is 1. The molecule has 6 aromatic rings. The molecule has 2 aliphatic rings. The van der Waals surface area contributed by atoms with Gasteiger partial charge in [-0.2, -0.15) is 4.98 Å². The van der Waals surface area contributed by atoms with E-state index in [0.717, 1.165) is 52.9 Å². The number of benzene rings is 5. The first kappa shape index (κ1) is 27.0. The second-order valence-electron chi connectivity index (χ2n) is 9.73. The molecule has 8 rings (SSSR count). The second-order valence-corrected chi connectivity index (χ2v) is 12.0. The van der Waals surface area contributed by atoms with Crippen LogP contribution < -0.4 is 20.2 Å². The van der Waals surface area contributed by atoms with Crippen LogP contribution in [0.1, 0.15) is 5.56 Å². The summed E-state index contributed by atoms with van der Waals surface area (Å²) in [6.07, 6.45) is 8.45. The van der Waals surface area contributed by atoms with Gasteiger partial charge < -0.3 is 10.2 Å². The number of thioether (sulfide) groups is 1. The van der Waals surface area contributed by atoms with E-state index >= 15 is 0 Å². The monoisotopic (exact) mass is 565 g/mol. The Balaban J connectivity index is 0.000000144. The third-order valence-electron chi connectivity index (χ3n) is 7.23. The van der Waals surface area contributed by atoms with Crippen molar-refractivity contribution >= 4 is 70.0 Å². The summed E-state index contributed by atoms with van der Waals surface area (Å²) in [4.78, 5) is 6.79. The van der Waals surface area contributed by atoms with Crippen LogP contribution >= 0.6 is 23.1 Å². The van der Waals surface area contributed by atoms with E-state index in [4.69, 9.17) is 0 Å². The number of aromatic amines is 1. The molecular weight excluding hydrogens is 542 g/mol. The van der Waals surface area contributed by atoms with Crippen molar-refractivity contribution in [1.82, 2.24) is 0 Å². The Labute approximate surface area is 249 Å². The third kappa shape index (κ3) is 5.06. The summed E-state index contributed by atoms with van der Waals surface area (Å²) in [5, 5.41) is 31.1. The van der Waals surface area contributed by atoms with Crippen LogP contribution in [0.3, 0.4) is 0 Å². The molecule has 0 bridgehead atoms. The molecule has 2 N–H and O–H groups in total. The van der Waals surface area contributed by atoms with Crippen LogP contribution in [-0.4, -0.2) is 26.5 Å². The van der Waals surface area contributed by atoms with Crippen molar-refractivity contribution in [3.8, 4) is 22.1 Å². The molecule has 1 aliphatic carbocycles. The predicted molar refractivity (Wildman–Crippen MR) is 168 cm³/mol. The Morgan fingerprint density at radius 3 is 1.95 bits per heavy atom. The van der Waals surface area contributed by atoms with Gasteiger partial charge in [0.05, 0.1) is 10.8 Å². The fourth-order valence-corrected chi connectivity index (χ4v) is 7.44. The van der Waals surface area contributed by atoms with Gasteiger partial charge in [-0.25, -0.2) is 4.99 Å². The first-order valence-electron chi connectivity index (χ1n) is 13.1. The van der Waals surface area contributed by atoms with Crippen molar-refractivity contribution < 1.29 is 20.2 Å². The van der Waals surface area contributed by atoms with Crippen LogP contribution in [-0.2, 0) is 0 Å². The van der Waals surface area contributed by atoms with E-state index in [-0.39, 0.29) is 21.6 Å². The number of nitrogens with one attached hydrogen (secondary N) is 2. The molecule has 1 aliphatic heterocycles. The predicted octanol–water partition coefficient (Wildman–Crippen LogP) is 4.58. The second kappa shape index (κ2) is 11.3. The molecule has 2 unspecified atom stereocenters. The van der Waals surface area contributed by atoms with Gasteiger partial charge >= 0.3 is 10.1 Å². The van der Waals surface area contributed by atoms with Crippen molar-refractivity contribution in [3.63, 3.8) is 0 Å². The Morgan fingerprint density at radius 1 is 0.634 bits per heavy atom. The van der Waals surface area contributed by atoms with E-state index in [2.05, 4.69) is 40.3 Å². The summed E-state index contributed by atoms with van der Waals surface area (Å²) in [6, 6.07) is 31.7. The summed E-state index contributed by atoms with van der Waals surface area (Å²) in [6.45, 7) is 0. The molecule has 0 fully saturated rings. The molecule has 7 heteroatoms. The van der Waals surface area contributed by atoms with Gasteiger partial charge in [-0.15, -0.1) is 0 Å². The Hall–Kier alpha value is -4.22. The normalized spacial score (nSPS) is 17.1. The number of hydrogen-bond acceptors (Lipinski definition) is 4. The maximum atomic E-state index is 12.6. The van der Waals surface area contributed by atoms with E-state index in [9.17, 15) is 10.2 Å². The standard InChI is InChI=1S/C17H13NOS.C17H11NOS.Be/c2*19-16-12-6-2-1-5-11(12)9-10-13(16)17-18-14-7-3-4-8-15(14)20-17;/h1-10,14-15,19H;1-10,19H;/q;;+2. The molecule has 0 saturated carbocycles. The number of H-pyrrole nitrogens is 1. The maximum Gasteiger partial charge on any atom is 2.00 e. The number of fused-ring (bicyclic) bond motifs is 4. The average molecular weight is 566 g/mol. The maximum absolute atomic E-state index is 12.6. The minimum absolute atomic E-state index is 0. The van der Waals surface area contributed by atoms with Gasteiger partial charge in [0.25, 0.3) is 5.01 Å². The first-order chi connectivity index (χ1) is 19.7. The Bertz CT molecular complexity index is 1960. The van der Waals surface area contributed by atoms with E-state index in [1.807, 2.05) is 91.0 Å². The van der Waals surface area contributed by atoms with E-state index in [1.54, 1.807) is 23.1 Å². The molecule has 4 nitrogen and oxygen atoms in total. The zero-order chi connectivity index (χ0) is 27.1. The molecule has 0 spiro atoms. The number of aromatic nitrogens is 1. The van der Waals surface area contributed by atoms with Gasteiger partial charge in [-0.3, -0.25) is 0 Å². The van der Waals surface area contributed by atoms with Gasteiger partial charge in [0, 0.05) is 11.6 Å². The van der Waals surface area contributed by atoms with Crippen LogP contribution in [0, 0.1) is 0 Å². The molecule has 1 aromatic heterocycles. The number of hydrogen-bond donors (Lipinski definition) is 1. The fourth-order valence-electron chi connectivity index (χ4n) is 5.17. The summed E-state index contributed by atoms with van der Waals surface area (Å²) < 4.78 is 1.16.